The van der Waals surface area contributed by atoms with E-state index in [0.29, 0.717) is 6.42 Å². The number of unbranched alkanes of at least 4 members (excludes halogenated alkanes) is 31. The first-order chi connectivity index (χ1) is 24.2. The summed E-state index contributed by atoms with van der Waals surface area (Å²) < 4.78 is 0. The summed E-state index contributed by atoms with van der Waals surface area (Å²) in [6.45, 7) is 4.30. The zero-order chi connectivity index (χ0) is 35.7. The molecule has 0 aliphatic carbocycles. The van der Waals surface area contributed by atoms with E-state index in [1.807, 2.05) is 6.08 Å². The van der Waals surface area contributed by atoms with E-state index in [1.54, 1.807) is 6.08 Å². The molecule has 0 aromatic rings. The highest BCUT2D eigenvalue weighted by Crippen LogP contribution is 2.16. The van der Waals surface area contributed by atoms with Crippen LogP contribution in [0, 0.1) is 0 Å². The summed E-state index contributed by atoms with van der Waals surface area (Å²) in [5.74, 6) is -0.0705. The van der Waals surface area contributed by atoms with Crippen LogP contribution in [0.4, 0.5) is 0 Å². The molecule has 1 amide bonds. The summed E-state index contributed by atoms with van der Waals surface area (Å²) in [7, 11) is 0. The van der Waals surface area contributed by atoms with Gasteiger partial charge in [0.15, 0.2) is 0 Å². The zero-order valence-electron chi connectivity index (χ0n) is 33.2. The fourth-order valence-electron chi connectivity index (χ4n) is 6.78. The van der Waals surface area contributed by atoms with E-state index < -0.39 is 12.1 Å². The highest BCUT2D eigenvalue weighted by atomic mass is 16.3. The van der Waals surface area contributed by atoms with Gasteiger partial charge in [-0.15, -0.1) is 0 Å². The van der Waals surface area contributed by atoms with Crippen molar-refractivity contribution in [2.75, 3.05) is 6.61 Å². The molecule has 49 heavy (non-hydrogen) atoms. The molecule has 2 atom stereocenters. The fraction of sp³-hybridized carbons (Fsp3) is 0.889. The Morgan fingerprint density at radius 2 is 0.796 bits per heavy atom. The van der Waals surface area contributed by atoms with Crippen molar-refractivity contribution in [3.63, 3.8) is 0 Å². The van der Waals surface area contributed by atoms with Gasteiger partial charge in [0.25, 0.3) is 0 Å². The smallest absolute Gasteiger partial charge is 0.220 e. The number of hydrogen-bond acceptors (Lipinski definition) is 3. The summed E-state index contributed by atoms with van der Waals surface area (Å²) in [6.07, 6.45) is 52.9. The Labute approximate surface area is 307 Å². The standard InChI is InChI=1S/C45H87NO3/c1-3-5-7-9-11-13-15-17-19-20-21-22-23-24-25-26-27-29-31-33-35-37-39-41-45(49)46-43(42-47)44(48)40-38-36-34-32-30-28-18-16-14-12-10-8-6-4-2/h30,32,38,40,43-44,47-48H,3-29,31,33-37,39,41-42H2,1-2H3,(H,46,49)/b32-30+,40-38+. The molecular formula is C45H87NO3. The van der Waals surface area contributed by atoms with Gasteiger partial charge >= 0.3 is 0 Å². The second-order valence-corrected chi connectivity index (χ2v) is 15.1. The Morgan fingerprint density at radius 3 is 1.18 bits per heavy atom. The molecule has 0 saturated heterocycles. The number of allylic oxidation sites excluding steroid dienone is 3. The van der Waals surface area contributed by atoms with E-state index in [0.717, 1.165) is 32.1 Å². The first kappa shape index (κ1) is 47.9. The maximum absolute atomic E-state index is 12.4. The third-order valence-corrected chi connectivity index (χ3v) is 10.2. The Balaban J connectivity index is 3.53. The summed E-state index contributed by atoms with van der Waals surface area (Å²) in [5, 5.41) is 23.0. The van der Waals surface area contributed by atoms with Crippen molar-refractivity contribution in [1.29, 1.82) is 0 Å². The molecule has 3 N–H and O–H groups in total. The van der Waals surface area contributed by atoms with E-state index in [2.05, 4.69) is 31.3 Å². The zero-order valence-corrected chi connectivity index (χ0v) is 33.2. The summed E-state index contributed by atoms with van der Waals surface area (Å²) in [6, 6.07) is -0.634. The molecule has 4 nitrogen and oxygen atoms in total. The molecule has 0 rings (SSSR count). The van der Waals surface area contributed by atoms with Gasteiger partial charge in [0.1, 0.15) is 0 Å². The Hall–Kier alpha value is -1.13. The Morgan fingerprint density at radius 1 is 0.469 bits per heavy atom. The van der Waals surface area contributed by atoms with Crippen molar-refractivity contribution in [1.82, 2.24) is 5.32 Å². The maximum atomic E-state index is 12.4. The minimum absolute atomic E-state index is 0.0705. The minimum Gasteiger partial charge on any atom is -0.394 e. The highest BCUT2D eigenvalue weighted by Gasteiger charge is 2.17. The average Bonchev–Trinajstić information content (AvgIpc) is 3.10. The van der Waals surface area contributed by atoms with Crippen molar-refractivity contribution in [2.24, 2.45) is 0 Å². The van der Waals surface area contributed by atoms with Crippen LogP contribution in [-0.4, -0.2) is 34.9 Å². The SMILES string of the molecule is CCCCCCCCCC/C=C/CC/C=C/C(O)C(CO)NC(=O)CCCCCCCCCCCCCCCCCCCCCCCCC. The van der Waals surface area contributed by atoms with Crippen LogP contribution < -0.4 is 5.32 Å². The van der Waals surface area contributed by atoms with E-state index in [-0.39, 0.29) is 12.5 Å². The summed E-state index contributed by atoms with van der Waals surface area (Å²) >= 11 is 0. The van der Waals surface area contributed by atoms with Crippen LogP contribution in [0.25, 0.3) is 0 Å². The van der Waals surface area contributed by atoms with E-state index >= 15 is 0 Å². The predicted molar refractivity (Wildman–Crippen MR) is 216 cm³/mol. The molecule has 0 bridgehead atoms. The number of aliphatic hydroxyl groups is 2. The van der Waals surface area contributed by atoms with Crippen LogP contribution in [0.2, 0.25) is 0 Å². The van der Waals surface area contributed by atoms with Crippen LogP contribution in [0.1, 0.15) is 239 Å². The molecule has 290 valence electrons. The molecule has 0 aromatic carbocycles. The largest absolute Gasteiger partial charge is 0.394 e. The number of carbonyl (C=O) groups is 1. The van der Waals surface area contributed by atoms with Crippen LogP contribution >= 0.6 is 0 Å². The lowest BCUT2D eigenvalue weighted by Gasteiger charge is -2.19. The molecule has 4 heteroatoms. The fourth-order valence-corrected chi connectivity index (χ4v) is 6.78. The van der Waals surface area contributed by atoms with Crippen molar-refractivity contribution in [2.45, 2.75) is 251 Å². The lowest BCUT2D eigenvalue weighted by molar-refractivity contribution is -0.123. The molecule has 0 spiro atoms. The van der Waals surface area contributed by atoms with Crippen molar-refractivity contribution >= 4 is 5.91 Å². The van der Waals surface area contributed by atoms with Gasteiger partial charge in [0.05, 0.1) is 18.8 Å². The van der Waals surface area contributed by atoms with Gasteiger partial charge in [-0.05, 0) is 32.1 Å². The van der Waals surface area contributed by atoms with Gasteiger partial charge in [0, 0.05) is 6.42 Å². The molecule has 0 radical (unpaired) electrons. The summed E-state index contributed by atoms with van der Waals surface area (Å²) in [5.41, 5.74) is 0. The maximum Gasteiger partial charge on any atom is 0.220 e. The lowest BCUT2D eigenvalue weighted by atomic mass is 10.0. The van der Waals surface area contributed by atoms with Crippen molar-refractivity contribution < 1.29 is 15.0 Å². The number of nitrogens with one attached hydrogen (secondary N) is 1. The monoisotopic (exact) mass is 690 g/mol. The quantitative estimate of drug-likeness (QED) is 0.0443. The number of aliphatic hydroxyl groups excluding tert-OH is 2. The van der Waals surface area contributed by atoms with Gasteiger partial charge in [-0.1, -0.05) is 224 Å². The molecule has 2 unspecified atom stereocenters. The summed E-state index contributed by atoms with van der Waals surface area (Å²) in [4.78, 5) is 12.4. The first-order valence-electron chi connectivity index (χ1n) is 22.1. The molecule has 0 aromatic heterocycles. The van der Waals surface area contributed by atoms with Gasteiger partial charge in [-0.25, -0.2) is 0 Å². The van der Waals surface area contributed by atoms with E-state index in [1.165, 1.54) is 186 Å². The van der Waals surface area contributed by atoms with E-state index in [4.69, 9.17) is 0 Å². The Kier molecular flexibility index (Phi) is 40.3. The molecule has 0 heterocycles. The van der Waals surface area contributed by atoms with Gasteiger partial charge in [0.2, 0.25) is 5.91 Å². The second kappa shape index (κ2) is 41.3. The Bertz CT molecular complexity index is 705. The van der Waals surface area contributed by atoms with Crippen molar-refractivity contribution in [3.8, 4) is 0 Å². The molecule has 0 fully saturated rings. The van der Waals surface area contributed by atoms with E-state index in [9.17, 15) is 15.0 Å². The van der Waals surface area contributed by atoms with Crippen molar-refractivity contribution in [3.05, 3.63) is 24.3 Å². The minimum atomic E-state index is -0.857. The third kappa shape index (κ3) is 37.9. The molecule has 0 aliphatic rings. The number of rotatable bonds is 40. The normalized spacial score (nSPS) is 13.1. The highest BCUT2D eigenvalue weighted by molar-refractivity contribution is 5.76. The third-order valence-electron chi connectivity index (χ3n) is 10.2. The topological polar surface area (TPSA) is 69.6 Å². The number of amides is 1. The number of carbonyl (C=O) groups excluding carboxylic acids is 1. The van der Waals surface area contributed by atoms with Crippen LogP contribution in [0.15, 0.2) is 24.3 Å². The lowest BCUT2D eigenvalue weighted by Crippen LogP contribution is -2.45. The van der Waals surface area contributed by atoms with Crippen LogP contribution in [0.3, 0.4) is 0 Å². The number of hydrogen-bond donors (Lipinski definition) is 3. The second-order valence-electron chi connectivity index (χ2n) is 15.1. The molecular weight excluding hydrogens is 602 g/mol. The predicted octanol–water partition coefficient (Wildman–Crippen LogP) is 13.6. The van der Waals surface area contributed by atoms with Gasteiger partial charge in [-0.2, -0.15) is 0 Å². The van der Waals surface area contributed by atoms with Crippen LogP contribution in [-0.2, 0) is 4.79 Å². The molecule has 0 saturated carbocycles. The first-order valence-corrected chi connectivity index (χ1v) is 22.1. The molecule has 0 aliphatic heterocycles. The average molecular weight is 690 g/mol. The van der Waals surface area contributed by atoms with Crippen LogP contribution in [0.5, 0.6) is 0 Å². The van der Waals surface area contributed by atoms with Gasteiger partial charge < -0.3 is 15.5 Å². The van der Waals surface area contributed by atoms with Gasteiger partial charge in [-0.3, -0.25) is 4.79 Å².